The maximum Gasteiger partial charge on any atom is 0.218 e. The first-order valence-corrected chi connectivity index (χ1v) is 4.52. The Morgan fingerprint density at radius 3 is 3.00 bits per heavy atom. The van der Waals surface area contributed by atoms with Crippen molar-refractivity contribution in [1.82, 2.24) is 25.2 Å². The highest BCUT2D eigenvalue weighted by atomic mass is 16.5. The third kappa shape index (κ3) is 1.93. The summed E-state index contributed by atoms with van der Waals surface area (Å²) in [6.07, 6.45) is 1.69. The van der Waals surface area contributed by atoms with Crippen LogP contribution in [0.15, 0.2) is 18.3 Å². The van der Waals surface area contributed by atoms with E-state index in [2.05, 4.69) is 20.5 Å². The average Bonchev–Trinajstić information content (AvgIpc) is 2.65. The van der Waals surface area contributed by atoms with Crippen LogP contribution < -0.4 is 4.74 Å². The summed E-state index contributed by atoms with van der Waals surface area (Å²) in [6, 6.07) is 3.80. The molecule has 6 nitrogen and oxygen atoms in total. The van der Waals surface area contributed by atoms with E-state index in [4.69, 9.17) is 4.74 Å². The number of pyridine rings is 1. The van der Waals surface area contributed by atoms with E-state index < -0.39 is 0 Å². The van der Waals surface area contributed by atoms with Crippen molar-refractivity contribution in [3.63, 3.8) is 0 Å². The van der Waals surface area contributed by atoms with Gasteiger partial charge in [-0.3, -0.25) is 0 Å². The third-order valence-corrected chi connectivity index (χ3v) is 2.07. The minimum atomic E-state index is 0.565. The fourth-order valence-corrected chi connectivity index (χ4v) is 1.28. The summed E-state index contributed by atoms with van der Waals surface area (Å²) in [4.78, 5) is 4.10. The van der Waals surface area contributed by atoms with E-state index in [1.54, 1.807) is 18.0 Å². The monoisotopic (exact) mass is 205 g/mol. The van der Waals surface area contributed by atoms with Crippen LogP contribution in [0.1, 0.15) is 11.4 Å². The van der Waals surface area contributed by atoms with Gasteiger partial charge in [0.2, 0.25) is 5.88 Å². The number of hydrogen-bond donors (Lipinski definition) is 0. The van der Waals surface area contributed by atoms with Gasteiger partial charge < -0.3 is 4.74 Å². The van der Waals surface area contributed by atoms with Gasteiger partial charge in [-0.1, -0.05) is 6.07 Å². The topological polar surface area (TPSA) is 65.7 Å². The summed E-state index contributed by atoms with van der Waals surface area (Å²) in [6.45, 7) is 2.42. The number of rotatable bonds is 3. The zero-order valence-electron chi connectivity index (χ0n) is 8.58. The lowest BCUT2D eigenvalue weighted by atomic mass is 10.2. The van der Waals surface area contributed by atoms with E-state index in [-0.39, 0.29) is 0 Å². The molecule has 0 saturated heterocycles. The molecular weight excluding hydrogens is 194 g/mol. The molecular formula is C9H11N5O. The average molecular weight is 205 g/mol. The third-order valence-electron chi connectivity index (χ3n) is 2.07. The predicted molar refractivity (Wildman–Crippen MR) is 52.4 cm³/mol. The molecule has 2 aromatic rings. The highest BCUT2D eigenvalue weighted by Crippen LogP contribution is 2.14. The van der Waals surface area contributed by atoms with Crippen LogP contribution in [0.3, 0.4) is 0 Å². The van der Waals surface area contributed by atoms with Gasteiger partial charge in [-0.2, -0.15) is 0 Å². The highest BCUT2D eigenvalue weighted by Gasteiger charge is 2.06. The lowest BCUT2D eigenvalue weighted by Gasteiger charge is -2.06. The Morgan fingerprint density at radius 2 is 2.33 bits per heavy atom. The zero-order valence-corrected chi connectivity index (χ0v) is 8.58. The molecule has 0 radical (unpaired) electrons. The molecule has 0 spiro atoms. The summed E-state index contributed by atoms with van der Waals surface area (Å²) < 4.78 is 6.83. The van der Waals surface area contributed by atoms with Crippen molar-refractivity contribution in [2.75, 3.05) is 7.11 Å². The smallest absolute Gasteiger partial charge is 0.218 e. The molecule has 78 valence electrons. The largest absolute Gasteiger partial charge is 0.481 e. The summed E-state index contributed by atoms with van der Waals surface area (Å²) in [5.41, 5.74) is 0.954. The highest BCUT2D eigenvalue weighted by molar-refractivity contribution is 5.25. The van der Waals surface area contributed by atoms with Crippen molar-refractivity contribution in [3.05, 3.63) is 29.7 Å². The van der Waals surface area contributed by atoms with Crippen molar-refractivity contribution in [1.29, 1.82) is 0 Å². The molecule has 2 heterocycles. The van der Waals surface area contributed by atoms with Gasteiger partial charge in [-0.25, -0.2) is 9.67 Å². The maximum absolute atomic E-state index is 5.14. The Kier molecular flexibility index (Phi) is 2.57. The van der Waals surface area contributed by atoms with Gasteiger partial charge >= 0.3 is 0 Å². The lowest BCUT2D eigenvalue weighted by Crippen LogP contribution is -2.06. The number of hydrogen-bond acceptors (Lipinski definition) is 5. The van der Waals surface area contributed by atoms with E-state index in [9.17, 15) is 0 Å². The molecule has 0 aliphatic heterocycles. The molecule has 0 atom stereocenters. The molecule has 0 N–H and O–H groups in total. The fourth-order valence-electron chi connectivity index (χ4n) is 1.28. The molecule has 2 aromatic heterocycles. The predicted octanol–water partition coefficient (Wildman–Crippen LogP) is 0.433. The summed E-state index contributed by atoms with van der Waals surface area (Å²) in [5, 5.41) is 11.2. The van der Waals surface area contributed by atoms with Crippen molar-refractivity contribution >= 4 is 0 Å². The van der Waals surface area contributed by atoms with Crippen LogP contribution in [0, 0.1) is 6.92 Å². The summed E-state index contributed by atoms with van der Waals surface area (Å²) in [5.74, 6) is 1.37. The van der Waals surface area contributed by atoms with Crippen molar-refractivity contribution in [2.24, 2.45) is 0 Å². The molecule has 2 rings (SSSR count). The second kappa shape index (κ2) is 4.04. The van der Waals surface area contributed by atoms with Crippen LogP contribution in [0.5, 0.6) is 5.88 Å². The first-order chi connectivity index (χ1) is 7.31. The van der Waals surface area contributed by atoms with Crippen LogP contribution in [-0.2, 0) is 6.54 Å². The molecule has 0 amide bonds. The summed E-state index contributed by atoms with van der Waals surface area (Å²) in [7, 11) is 1.60. The van der Waals surface area contributed by atoms with E-state index in [0.717, 1.165) is 11.4 Å². The van der Waals surface area contributed by atoms with E-state index in [1.807, 2.05) is 19.1 Å². The van der Waals surface area contributed by atoms with Gasteiger partial charge in [0.1, 0.15) is 5.82 Å². The van der Waals surface area contributed by atoms with Crippen LogP contribution in [0.4, 0.5) is 0 Å². The SMILES string of the molecule is COc1ncccc1Cn1nnnc1C. The van der Waals surface area contributed by atoms with Gasteiger partial charge in [-0.15, -0.1) is 5.10 Å². The standard InChI is InChI=1S/C9H11N5O/c1-7-11-12-13-14(7)6-8-4-3-5-10-9(8)15-2/h3-5H,6H2,1-2H3. The van der Waals surface area contributed by atoms with Crippen molar-refractivity contribution in [2.45, 2.75) is 13.5 Å². The first kappa shape index (κ1) is 9.57. The number of tetrazole rings is 1. The Bertz CT molecular complexity index is 453. The van der Waals surface area contributed by atoms with Crippen molar-refractivity contribution in [3.8, 4) is 5.88 Å². The Balaban J connectivity index is 2.28. The lowest BCUT2D eigenvalue weighted by molar-refractivity contribution is 0.389. The van der Waals surface area contributed by atoms with Crippen LogP contribution in [0.2, 0.25) is 0 Å². The maximum atomic E-state index is 5.14. The van der Waals surface area contributed by atoms with E-state index >= 15 is 0 Å². The second-order valence-corrected chi connectivity index (χ2v) is 3.06. The molecule has 0 aliphatic rings. The number of aryl methyl sites for hydroxylation is 1. The quantitative estimate of drug-likeness (QED) is 0.727. The van der Waals surface area contributed by atoms with E-state index in [1.165, 1.54) is 0 Å². The van der Waals surface area contributed by atoms with Gasteiger partial charge in [-0.05, 0) is 23.4 Å². The molecule has 0 saturated carbocycles. The van der Waals surface area contributed by atoms with E-state index in [0.29, 0.717) is 12.4 Å². The Hall–Kier alpha value is -1.98. The molecule has 0 bridgehead atoms. The Labute approximate surface area is 86.9 Å². The minimum absolute atomic E-state index is 0.565. The molecule has 0 aromatic carbocycles. The van der Waals surface area contributed by atoms with Gasteiger partial charge in [0.15, 0.2) is 0 Å². The van der Waals surface area contributed by atoms with Crippen LogP contribution in [-0.4, -0.2) is 32.3 Å². The van der Waals surface area contributed by atoms with Crippen LogP contribution >= 0.6 is 0 Å². The zero-order chi connectivity index (χ0) is 10.7. The number of methoxy groups -OCH3 is 1. The summed E-state index contributed by atoms with van der Waals surface area (Å²) >= 11 is 0. The minimum Gasteiger partial charge on any atom is -0.481 e. The molecule has 0 unspecified atom stereocenters. The van der Waals surface area contributed by atoms with Gasteiger partial charge in [0, 0.05) is 11.8 Å². The molecule has 15 heavy (non-hydrogen) atoms. The van der Waals surface area contributed by atoms with Gasteiger partial charge in [0.25, 0.3) is 0 Å². The van der Waals surface area contributed by atoms with Gasteiger partial charge in [0.05, 0.1) is 13.7 Å². The molecule has 6 heteroatoms. The second-order valence-electron chi connectivity index (χ2n) is 3.06. The van der Waals surface area contributed by atoms with Crippen LogP contribution in [0.25, 0.3) is 0 Å². The molecule has 0 fully saturated rings. The first-order valence-electron chi connectivity index (χ1n) is 4.52. The normalized spacial score (nSPS) is 10.3. The number of nitrogens with zero attached hydrogens (tertiary/aromatic N) is 5. The number of aromatic nitrogens is 5. The fraction of sp³-hybridized carbons (Fsp3) is 0.333. The Morgan fingerprint density at radius 1 is 1.47 bits per heavy atom. The molecule has 0 aliphatic carbocycles. The van der Waals surface area contributed by atoms with Crippen molar-refractivity contribution < 1.29 is 4.74 Å². The number of ether oxygens (including phenoxy) is 1.